The summed E-state index contributed by atoms with van der Waals surface area (Å²) >= 11 is -0.969. The van der Waals surface area contributed by atoms with Crippen molar-refractivity contribution in [1.29, 1.82) is 0 Å². The fourth-order valence-electron chi connectivity index (χ4n) is 3.33. The standard InChI is InChI=1S/C21H23N5OS/c1-25(2)17-6-4-5-16(13-17)24-20-21-23-14-19(26(21)12-11-22-20)15-7-9-18(10-8-15)28(3)27/h4-13,19H,14H2,1-3H3,(H,22,24). The Kier molecular flexibility index (Phi) is 5.11. The topological polar surface area (TPSA) is 66.3 Å². The van der Waals surface area contributed by atoms with Gasteiger partial charge < -0.3 is 19.7 Å². The molecule has 0 aromatic heterocycles. The normalized spacial score (nSPS) is 19.0. The van der Waals surface area contributed by atoms with Gasteiger partial charge in [0.15, 0.2) is 16.6 Å². The molecule has 0 amide bonds. The Hall–Kier alpha value is -2.77. The summed E-state index contributed by atoms with van der Waals surface area (Å²) in [5, 5.41) is 3.40. The molecule has 144 valence electrons. The van der Waals surface area contributed by atoms with Gasteiger partial charge in [0.1, 0.15) is 6.26 Å². The third-order valence-corrected chi connectivity index (χ3v) is 5.80. The second-order valence-corrected chi connectivity index (χ2v) is 8.34. The molecule has 2 heterocycles. The molecular weight excluding hydrogens is 370 g/mol. The number of aliphatic imine (C=N–C) groups is 2. The number of rotatable bonds is 4. The third kappa shape index (κ3) is 3.63. The van der Waals surface area contributed by atoms with Crippen molar-refractivity contribution in [3.8, 4) is 0 Å². The summed E-state index contributed by atoms with van der Waals surface area (Å²) in [6.45, 7) is 0.659. The van der Waals surface area contributed by atoms with Gasteiger partial charge in [-0.15, -0.1) is 0 Å². The molecule has 2 unspecified atom stereocenters. The minimum absolute atomic E-state index is 0.117. The van der Waals surface area contributed by atoms with Gasteiger partial charge in [-0.25, -0.2) is 4.99 Å². The van der Waals surface area contributed by atoms with Crippen molar-refractivity contribution in [2.75, 3.05) is 37.1 Å². The second-order valence-electron chi connectivity index (χ2n) is 6.96. The first-order chi connectivity index (χ1) is 13.5. The lowest BCUT2D eigenvalue weighted by Gasteiger charge is -2.27. The molecule has 0 bridgehead atoms. The van der Waals surface area contributed by atoms with Gasteiger partial charge in [-0.3, -0.25) is 4.99 Å². The fourth-order valence-corrected chi connectivity index (χ4v) is 3.85. The van der Waals surface area contributed by atoms with Crippen LogP contribution in [0.5, 0.6) is 0 Å². The van der Waals surface area contributed by atoms with E-state index in [0.29, 0.717) is 6.54 Å². The molecule has 0 spiro atoms. The van der Waals surface area contributed by atoms with Crippen LogP contribution in [0.1, 0.15) is 11.6 Å². The number of benzene rings is 2. The van der Waals surface area contributed by atoms with Crippen LogP contribution in [0.2, 0.25) is 0 Å². The molecule has 6 nitrogen and oxygen atoms in total. The summed E-state index contributed by atoms with van der Waals surface area (Å²) in [5.74, 6) is 1.58. The summed E-state index contributed by atoms with van der Waals surface area (Å²) < 4.78 is 11.6. The molecule has 7 heteroatoms. The molecule has 0 saturated heterocycles. The second kappa shape index (κ2) is 7.69. The summed E-state index contributed by atoms with van der Waals surface area (Å²) in [7, 11) is 4.04. The van der Waals surface area contributed by atoms with Gasteiger partial charge in [0, 0.05) is 37.9 Å². The van der Waals surface area contributed by atoms with Crippen molar-refractivity contribution < 1.29 is 4.55 Å². The minimum atomic E-state index is -0.969. The van der Waals surface area contributed by atoms with Crippen LogP contribution >= 0.6 is 0 Å². The lowest BCUT2D eigenvalue weighted by atomic mass is 10.1. The Labute approximate surface area is 168 Å². The van der Waals surface area contributed by atoms with Crippen LogP contribution < -0.4 is 10.2 Å². The van der Waals surface area contributed by atoms with E-state index in [4.69, 9.17) is 4.99 Å². The zero-order valence-electron chi connectivity index (χ0n) is 16.2. The van der Waals surface area contributed by atoms with E-state index in [1.807, 2.05) is 56.7 Å². The maximum absolute atomic E-state index is 11.6. The Bertz CT molecular complexity index is 950. The first kappa shape index (κ1) is 18.6. The average molecular weight is 394 g/mol. The van der Waals surface area contributed by atoms with Gasteiger partial charge in [0.2, 0.25) is 0 Å². The van der Waals surface area contributed by atoms with E-state index < -0.39 is 11.2 Å². The Morgan fingerprint density at radius 2 is 1.96 bits per heavy atom. The predicted octanol–water partition coefficient (Wildman–Crippen LogP) is 3.24. The van der Waals surface area contributed by atoms with Gasteiger partial charge in [-0.1, -0.05) is 18.2 Å². The molecule has 2 aromatic carbocycles. The Morgan fingerprint density at radius 1 is 1.18 bits per heavy atom. The smallest absolute Gasteiger partial charge is 0.173 e. The largest absolute Gasteiger partial charge is 0.612 e. The molecule has 0 saturated carbocycles. The molecule has 0 radical (unpaired) electrons. The van der Waals surface area contributed by atoms with Crippen LogP contribution in [-0.4, -0.2) is 48.0 Å². The summed E-state index contributed by atoms with van der Waals surface area (Å²) in [4.78, 5) is 14.3. The quantitative estimate of drug-likeness (QED) is 0.810. The van der Waals surface area contributed by atoms with Crippen LogP contribution in [0, 0.1) is 0 Å². The van der Waals surface area contributed by atoms with E-state index in [-0.39, 0.29) is 6.04 Å². The average Bonchev–Trinajstić information content (AvgIpc) is 3.13. The lowest BCUT2D eigenvalue weighted by Crippen LogP contribution is -2.37. The van der Waals surface area contributed by atoms with Crippen LogP contribution in [0.25, 0.3) is 0 Å². The predicted molar refractivity (Wildman–Crippen MR) is 117 cm³/mol. The SMILES string of the molecule is CN(C)c1cccc(NC2=NC=CN3C2=NCC3c2ccc([S+](C)[O-])cc2)c1. The number of nitrogens with one attached hydrogen (secondary N) is 1. The van der Waals surface area contributed by atoms with E-state index in [1.165, 1.54) is 0 Å². The van der Waals surface area contributed by atoms with Gasteiger partial charge >= 0.3 is 0 Å². The van der Waals surface area contributed by atoms with Crippen molar-refractivity contribution in [3.63, 3.8) is 0 Å². The molecule has 4 rings (SSSR count). The van der Waals surface area contributed by atoms with Gasteiger partial charge in [0.05, 0.1) is 12.6 Å². The lowest BCUT2D eigenvalue weighted by molar-refractivity contribution is 0.458. The van der Waals surface area contributed by atoms with Crippen LogP contribution in [-0.2, 0) is 11.2 Å². The molecule has 2 aromatic rings. The van der Waals surface area contributed by atoms with Crippen molar-refractivity contribution in [2.24, 2.45) is 9.98 Å². The maximum atomic E-state index is 11.6. The zero-order chi connectivity index (χ0) is 19.7. The molecular formula is C21H23N5OS. The van der Waals surface area contributed by atoms with E-state index >= 15 is 0 Å². The van der Waals surface area contributed by atoms with Gasteiger partial charge in [-0.05, 0) is 47.1 Å². The Balaban J connectivity index is 1.52. The number of anilines is 2. The molecule has 0 fully saturated rings. The van der Waals surface area contributed by atoms with Crippen LogP contribution in [0.15, 0.2) is 75.8 Å². The van der Waals surface area contributed by atoms with Crippen molar-refractivity contribution in [2.45, 2.75) is 10.9 Å². The highest BCUT2D eigenvalue weighted by Gasteiger charge is 2.32. The van der Waals surface area contributed by atoms with E-state index in [9.17, 15) is 4.55 Å². The molecule has 2 aliphatic heterocycles. The summed E-state index contributed by atoms with van der Waals surface area (Å²) in [6.07, 6.45) is 5.45. The summed E-state index contributed by atoms with van der Waals surface area (Å²) in [6, 6.07) is 16.2. The Morgan fingerprint density at radius 3 is 2.68 bits per heavy atom. The van der Waals surface area contributed by atoms with Crippen LogP contribution in [0.3, 0.4) is 0 Å². The summed E-state index contributed by atoms with van der Waals surface area (Å²) in [5.41, 5.74) is 3.24. The number of nitrogens with zero attached hydrogens (tertiary/aromatic N) is 4. The number of hydrogen-bond donors (Lipinski definition) is 1. The van der Waals surface area contributed by atoms with Crippen molar-refractivity contribution in [3.05, 3.63) is 66.5 Å². The highest BCUT2D eigenvalue weighted by molar-refractivity contribution is 7.90. The fraction of sp³-hybridized carbons (Fsp3) is 0.238. The first-order valence-electron chi connectivity index (χ1n) is 9.08. The van der Waals surface area contributed by atoms with Crippen molar-refractivity contribution in [1.82, 2.24) is 4.90 Å². The number of fused-ring (bicyclic) bond motifs is 1. The molecule has 28 heavy (non-hydrogen) atoms. The van der Waals surface area contributed by atoms with Crippen LogP contribution in [0.4, 0.5) is 11.4 Å². The maximum Gasteiger partial charge on any atom is 0.173 e. The zero-order valence-corrected chi connectivity index (χ0v) is 17.0. The van der Waals surface area contributed by atoms with E-state index in [0.717, 1.165) is 33.5 Å². The van der Waals surface area contributed by atoms with Gasteiger partial charge in [0.25, 0.3) is 0 Å². The first-order valence-corrected chi connectivity index (χ1v) is 10.6. The highest BCUT2D eigenvalue weighted by atomic mass is 32.2. The van der Waals surface area contributed by atoms with E-state index in [1.54, 1.807) is 12.5 Å². The molecule has 1 N–H and O–H groups in total. The third-order valence-electron chi connectivity index (χ3n) is 4.86. The monoisotopic (exact) mass is 393 g/mol. The minimum Gasteiger partial charge on any atom is -0.612 e. The molecule has 0 aliphatic carbocycles. The van der Waals surface area contributed by atoms with Crippen molar-refractivity contribution >= 4 is 34.2 Å². The van der Waals surface area contributed by atoms with Gasteiger partial charge in [-0.2, -0.15) is 0 Å². The van der Waals surface area contributed by atoms with E-state index in [2.05, 4.69) is 32.2 Å². The number of hydrogen-bond acceptors (Lipinski definition) is 6. The highest BCUT2D eigenvalue weighted by Crippen LogP contribution is 2.30. The molecule has 2 aliphatic rings. The molecule has 2 atom stereocenters. The number of amidine groups is 2.